The summed E-state index contributed by atoms with van der Waals surface area (Å²) in [5.74, 6) is 1.28. The molecule has 18 heavy (non-hydrogen) atoms. The van der Waals surface area contributed by atoms with E-state index in [4.69, 9.17) is 0 Å². The van der Waals surface area contributed by atoms with Gasteiger partial charge >= 0.3 is 0 Å². The highest BCUT2D eigenvalue weighted by Gasteiger charge is 2.48. The minimum absolute atomic E-state index is 0.363. The number of aryl methyl sites for hydroxylation is 1. The van der Waals surface area contributed by atoms with Crippen LogP contribution in [0.25, 0.3) is 0 Å². The molecule has 1 atom stereocenters. The van der Waals surface area contributed by atoms with Crippen molar-refractivity contribution in [1.29, 1.82) is 5.26 Å². The van der Waals surface area contributed by atoms with E-state index in [0.717, 1.165) is 10.9 Å². The van der Waals surface area contributed by atoms with E-state index in [0.29, 0.717) is 12.0 Å². The van der Waals surface area contributed by atoms with E-state index in [1.807, 2.05) is 11.6 Å². The minimum Gasteiger partial charge on any atom is -0.312 e. The molecule has 0 amide bonds. The largest absolute Gasteiger partial charge is 0.312 e. The van der Waals surface area contributed by atoms with Crippen LogP contribution in [-0.2, 0) is 7.05 Å². The number of thioether (sulfide) groups is 1. The van der Waals surface area contributed by atoms with Gasteiger partial charge in [-0.3, -0.25) is 5.32 Å². The van der Waals surface area contributed by atoms with E-state index in [2.05, 4.69) is 21.6 Å². The lowest BCUT2D eigenvalue weighted by Gasteiger charge is -2.27. The molecule has 0 radical (unpaired) electrons. The van der Waals surface area contributed by atoms with Crippen molar-refractivity contribution in [2.75, 3.05) is 5.75 Å². The van der Waals surface area contributed by atoms with Crippen LogP contribution in [0.3, 0.4) is 0 Å². The van der Waals surface area contributed by atoms with Gasteiger partial charge in [0.05, 0.1) is 6.07 Å². The van der Waals surface area contributed by atoms with Gasteiger partial charge in [0, 0.05) is 18.8 Å². The van der Waals surface area contributed by atoms with Gasteiger partial charge in [0.2, 0.25) is 0 Å². The Labute approximate surface area is 111 Å². The van der Waals surface area contributed by atoms with Crippen molar-refractivity contribution >= 4 is 11.8 Å². The van der Waals surface area contributed by atoms with E-state index >= 15 is 0 Å². The lowest BCUT2D eigenvalue weighted by molar-refractivity contribution is 0.401. The Bertz CT molecular complexity index is 471. The number of nitrogens with zero attached hydrogens (tertiary/aromatic N) is 4. The van der Waals surface area contributed by atoms with Gasteiger partial charge in [-0.1, -0.05) is 11.8 Å². The summed E-state index contributed by atoms with van der Waals surface area (Å²) in [5, 5.41) is 22.0. The molecule has 2 fully saturated rings. The molecule has 1 aromatic rings. The Balaban J connectivity index is 1.69. The second kappa shape index (κ2) is 4.56. The van der Waals surface area contributed by atoms with Crippen LogP contribution in [0.15, 0.2) is 11.5 Å². The van der Waals surface area contributed by atoms with Gasteiger partial charge in [-0.25, -0.2) is 0 Å². The summed E-state index contributed by atoms with van der Waals surface area (Å²) < 4.78 is 1.90. The standard InChI is InChI=1S/C12H17N5S/c1-17-8-14-16-11(17)18-7-12(6-13,9-2-3-9)15-10-4-5-10/h8-10,15H,2-5,7H2,1H3. The number of hydrogen-bond donors (Lipinski definition) is 1. The van der Waals surface area contributed by atoms with Crippen LogP contribution in [-0.4, -0.2) is 32.1 Å². The molecule has 2 aliphatic carbocycles. The maximum absolute atomic E-state index is 9.59. The predicted octanol–water partition coefficient (Wildman–Crippen LogP) is 1.33. The third kappa shape index (κ3) is 2.38. The summed E-state index contributed by atoms with van der Waals surface area (Å²) in [4.78, 5) is 0. The van der Waals surface area contributed by atoms with E-state index in [9.17, 15) is 5.26 Å². The van der Waals surface area contributed by atoms with E-state index in [1.54, 1.807) is 18.1 Å². The highest BCUT2D eigenvalue weighted by atomic mass is 32.2. The molecule has 3 rings (SSSR count). The van der Waals surface area contributed by atoms with Gasteiger partial charge in [-0.15, -0.1) is 10.2 Å². The normalized spacial score (nSPS) is 22.4. The number of aromatic nitrogens is 3. The number of nitriles is 1. The quantitative estimate of drug-likeness (QED) is 0.784. The minimum atomic E-state index is -0.363. The first-order valence-electron chi connectivity index (χ1n) is 6.39. The third-order valence-corrected chi connectivity index (χ3v) is 4.84. The van der Waals surface area contributed by atoms with Crippen LogP contribution < -0.4 is 5.32 Å². The van der Waals surface area contributed by atoms with Gasteiger partial charge in [0.15, 0.2) is 5.16 Å². The van der Waals surface area contributed by atoms with Crippen LogP contribution in [0, 0.1) is 17.2 Å². The van der Waals surface area contributed by atoms with Gasteiger partial charge in [-0.05, 0) is 31.6 Å². The van der Waals surface area contributed by atoms with Crippen LogP contribution >= 0.6 is 11.8 Å². The fraction of sp³-hybridized carbons (Fsp3) is 0.750. The van der Waals surface area contributed by atoms with E-state index < -0.39 is 0 Å². The van der Waals surface area contributed by atoms with Gasteiger partial charge in [0.25, 0.3) is 0 Å². The monoisotopic (exact) mass is 263 g/mol. The van der Waals surface area contributed by atoms with Crippen LogP contribution in [0.1, 0.15) is 25.7 Å². The fourth-order valence-electron chi connectivity index (χ4n) is 2.18. The van der Waals surface area contributed by atoms with Gasteiger partial charge < -0.3 is 4.57 Å². The summed E-state index contributed by atoms with van der Waals surface area (Å²) in [6.07, 6.45) is 6.47. The SMILES string of the molecule is Cn1cnnc1SCC(C#N)(NC1CC1)C1CC1. The highest BCUT2D eigenvalue weighted by molar-refractivity contribution is 7.99. The van der Waals surface area contributed by atoms with Crippen molar-refractivity contribution in [2.24, 2.45) is 13.0 Å². The summed E-state index contributed by atoms with van der Waals surface area (Å²) in [5.41, 5.74) is -0.363. The summed E-state index contributed by atoms with van der Waals surface area (Å²) >= 11 is 1.63. The smallest absolute Gasteiger partial charge is 0.190 e. The van der Waals surface area contributed by atoms with Crippen molar-refractivity contribution in [1.82, 2.24) is 20.1 Å². The lowest BCUT2D eigenvalue weighted by atomic mass is 9.97. The first kappa shape index (κ1) is 12.0. The van der Waals surface area contributed by atoms with Crippen molar-refractivity contribution < 1.29 is 0 Å². The zero-order valence-corrected chi connectivity index (χ0v) is 11.3. The second-order valence-electron chi connectivity index (χ2n) is 5.29. The molecular formula is C12H17N5S. The Morgan fingerprint density at radius 2 is 2.33 bits per heavy atom. The van der Waals surface area contributed by atoms with Crippen molar-refractivity contribution in [3.63, 3.8) is 0 Å². The first-order chi connectivity index (χ1) is 8.73. The average Bonchev–Trinajstić information content (AvgIpc) is 3.26. The van der Waals surface area contributed by atoms with Crippen LogP contribution in [0.4, 0.5) is 0 Å². The molecule has 2 saturated carbocycles. The molecule has 0 aromatic carbocycles. The van der Waals surface area contributed by atoms with Crippen molar-refractivity contribution in [3.05, 3.63) is 6.33 Å². The highest BCUT2D eigenvalue weighted by Crippen LogP contribution is 2.43. The molecular weight excluding hydrogens is 246 g/mol. The molecule has 1 aromatic heterocycles. The molecule has 0 saturated heterocycles. The predicted molar refractivity (Wildman–Crippen MR) is 69.0 cm³/mol. The molecule has 1 unspecified atom stereocenters. The Kier molecular flexibility index (Phi) is 3.04. The third-order valence-electron chi connectivity index (χ3n) is 3.61. The number of nitrogens with one attached hydrogen (secondary N) is 1. The van der Waals surface area contributed by atoms with E-state index in [-0.39, 0.29) is 5.54 Å². The van der Waals surface area contributed by atoms with Crippen molar-refractivity contribution in [2.45, 2.75) is 42.4 Å². The van der Waals surface area contributed by atoms with E-state index in [1.165, 1.54) is 25.7 Å². The maximum atomic E-state index is 9.59. The number of rotatable bonds is 6. The van der Waals surface area contributed by atoms with Crippen molar-refractivity contribution in [3.8, 4) is 6.07 Å². The lowest BCUT2D eigenvalue weighted by Crippen LogP contribution is -2.49. The molecule has 0 spiro atoms. The zero-order chi connectivity index (χ0) is 12.6. The molecule has 1 heterocycles. The Morgan fingerprint density at radius 1 is 1.56 bits per heavy atom. The van der Waals surface area contributed by atoms with Crippen LogP contribution in [0.2, 0.25) is 0 Å². The van der Waals surface area contributed by atoms with Gasteiger partial charge in [-0.2, -0.15) is 5.26 Å². The fourth-order valence-corrected chi connectivity index (χ4v) is 3.28. The van der Waals surface area contributed by atoms with Gasteiger partial charge in [0.1, 0.15) is 11.9 Å². The second-order valence-corrected chi connectivity index (χ2v) is 6.23. The molecule has 6 heteroatoms. The molecule has 0 aliphatic heterocycles. The average molecular weight is 263 g/mol. The topological polar surface area (TPSA) is 66.5 Å². The molecule has 0 bridgehead atoms. The number of hydrogen-bond acceptors (Lipinski definition) is 5. The zero-order valence-electron chi connectivity index (χ0n) is 10.5. The Hall–Kier alpha value is -1.06. The first-order valence-corrected chi connectivity index (χ1v) is 7.38. The molecule has 96 valence electrons. The summed E-state index contributed by atoms with van der Waals surface area (Å²) in [6.45, 7) is 0. The summed E-state index contributed by atoms with van der Waals surface area (Å²) in [7, 11) is 1.93. The summed E-state index contributed by atoms with van der Waals surface area (Å²) in [6, 6.07) is 3.10. The Morgan fingerprint density at radius 3 is 2.83 bits per heavy atom. The maximum Gasteiger partial charge on any atom is 0.190 e. The molecule has 2 aliphatic rings. The molecule has 5 nitrogen and oxygen atoms in total. The molecule has 1 N–H and O–H groups in total. The van der Waals surface area contributed by atoms with Crippen LogP contribution in [0.5, 0.6) is 0 Å².